The van der Waals surface area contributed by atoms with Crippen molar-refractivity contribution in [3.8, 4) is 0 Å². The third-order valence-electron chi connectivity index (χ3n) is 3.29. The van der Waals surface area contributed by atoms with Crippen LogP contribution < -0.4 is 5.32 Å². The van der Waals surface area contributed by atoms with Crippen LogP contribution in [-0.2, 0) is 17.3 Å². The molecule has 0 aliphatic rings. The number of hydrogen-bond acceptors (Lipinski definition) is 4. The van der Waals surface area contributed by atoms with Gasteiger partial charge in [-0.1, -0.05) is 26.8 Å². The number of aromatic nitrogens is 2. The minimum Gasteiger partial charge on any atom is -0.311 e. The number of nitrogens with zero attached hydrogens (tertiary/aromatic N) is 2. The van der Waals surface area contributed by atoms with E-state index in [-0.39, 0.29) is 29.9 Å². The van der Waals surface area contributed by atoms with Gasteiger partial charge in [-0.05, 0) is 11.4 Å². The summed E-state index contributed by atoms with van der Waals surface area (Å²) >= 11 is 1.40. The molecule has 0 fully saturated rings. The maximum atomic E-state index is 12.0. The molecule has 2 aromatic rings. The predicted octanol–water partition coefficient (Wildman–Crippen LogP) is 3.38. The highest BCUT2D eigenvalue weighted by atomic mass is 32.1. The third kappa shape index (κ3) is 4.04. The lowest BCUT2D eigenvalue weighted by Crippen LogP contribution is -2.15. The molecule has 0 aromatic carbocycles. The van der Waals surface area contributed by atoms with Gasteiger partial charge in [0.25, 0.3) is 0 Å². The maximum Gasteiger partial charge on any atom is 0.225 e. The van der Waals surface area contributed by atoms with Gasteiger partial charge in [0.15, 0.2) is 5.78 Å². The highest BCUT2D eigenvalue weighted by Crippen LogP contribution is 2.23. The van der Waals surface area contributed by atoms with E-state index in [1.165, 1.54) is 11.3 Å². The molecule has 0 bridgehead atoms. The normalized spacial score (nSPS) is 11.5. The van der Waals surface area contributed by atoms with Crippen LogP contribution in [0.2, 0.25) is 0 Å². The Hall–Kier alpha value is -1.95. The minimum atomic E-state index is -0.173. The van der Waals surface area contributed by atoms with Crippen molar-refractivity contribution in [2.45, 2.75) is 39.0 Å². The van der Waals surface area contributed by atoms with Crippen LogP contribution in [0.15, 0.2) is 23.6 Å². The SMILES string of the molecule is Cn1nc(C(C)(C)C)cc1NC(=O)CCC(=O)c1cccs1. The number of amides is 1. The van der Waals surface area contributed by atoms with Crippen LogP contribution in [0.4, 0.5) is 5.82 Å². The standard InChI is InChI=1S/C16H21N3O2S/c1-16(2,3)13-10-14(19(4)18-13)17-15(21)8-7-11(20)12-6-5-9-22-12/h5-6,9-10H,7-8H2,1-4H3,(H,17,21). The van der Waals surface area contributed by atoms with Gasteiger partial charge in [0.1, 0.15) is 5.82 Å². The number of carbonyl (C=O) groups is 2. The zero-order valence-electron chi connectivity index (χ0n) is 13.3. The molecular formula is C16H21N3O2S. The van der Waals surface area contributed by atoms with E-state index in [9.17, 15) is 9.59 Å². The number of nitrogens with one attached hydrogen (secondary N) is 1. The molecule has 0 saturated heterocycles. The van der Waals surface area contributed by atoms with Gasteiger partial charge in [0.2, 0.25) is 5.91 Å². The van der Waals surface area contributed by atoms with Crippen LogP contribution in [0, 0.1) is 0 Å². The fourth-order valence-electron chi connectivity index (χ4n) is 1.94. The Bertz CT molecular complexity index is 666. The van der Waals surface area contributed by atoms with E-state index in [4.69, 9.17) is 0 Å². The summed E-state index contributed by atoms with van der Waals surface area (Å²) in [6.45, 7) is 6.21. The Morgan fingerprint density at radius 2 is 2.05 bits per heavy atom. The molecule has 2 rings (SSSR count). The Kier molecular flexibility index (Phi) is 4.81. The van der Waals surface area contributed by atoms with Crippen molar-refractivity contribution < 1.29 is 9.59 Å². The second-order valence-corrected chi connectivity index (χ2v) is 7.18. The predicted molar refractivity (Wildman–Crippen MR) is 88.4 cm³/mol. The molecule has 0 aliphatic heterocycles. The molecule has 22 heavy (non-hydrogen) atoms. The number of anilines is 1. The van der Waals surface area contributed by atoms with Crippen molar-refractivity contribution in [2.75, 3.05) is 5.32 Å². The zero-order valence-corrected chi connectivity index (χ0v) is 14.2. The summed E-state index contributed by atoms with van der Waals surface area (Å²) in [5, 5.41) is 9.08. The molecule has 1 N–H and O–H groups in total. The van der Waals surface area contributed by atoms with E-state index in [0.717, 1.165) is 5.69 Å². The van der Waals surface area contributed by atoms with Crippen molar-refractivity contribution in [1.82, 2.24) is 9.78 Å². The van der Waals surface area contributed by atoms with Crippen LogP contribution >= 0.6 is 11.3 Å². The van der Waals surface area contributed by atoms with Crippen molar-refractivity contribution in [3.05, 3.63) is 34.2 Å². The first-order chi connectivity index (χ1) is 10.3. The summed E-state index contributed by atoms with van der Waals surface area (Å²) in [4.78, 5) is 24.6. The number of Topliss-reactive ketones (excluding diaryl/α,β-unsaturated/α-hetero) is 1. The lowest BCUT2D eigenvalue weighted by molar-refractivity contribution is -0.116. The van der Waals surface area contributed by atoms with Gasteiger partial charge in [-0.2, -0.15) is 5.10 Å². The van der Waals surface area contributed by atoms with Gasteiger partial charge in [-0.15, -0.1) is 11.3 Å². The summed E-state index contributed by atoms with van der Waals surface area (Å²) in [7, 11) is 1.79. The second-order valence-electron chi connectivity index (χ2n) is 6.24. The Morgan fingerprint density at radius 3 is 2.59 bits per heavy atom. The van der Waals surface area contributed by atoms with E-state index >= 15 is 0 Å². The monoisotopic (exact) mass is 319 g/mol. The Labute approximate surface area is 134 Å². The molecule has 5 nitrogen and oxygen atoms in total. The average molecular weight is 319 g/mol. The van der Waals surface area contributed by atoms with Crippen molar-refractivity contribution in [1.29, 1.82) is 0 Å². The second kappa shape index (κ2) is 6.44. The molecule has 1 amide bonds. The molecule has 0 radical (unpaired) electrons. The average Bonchev–Trinajstić information content (AvgIpc) is 3.06. The largest absolute Gasteiger partial charge is 0.311 e. The van der Waals surface area contributed by atoms with Crippen LogP contribution in [0.3, 0.4) is 0 Å². The molecular weight excluding hydrogens is 298 g/mol. The van der Waals surface area contributed by atoms with Gasteiger partial charge in [-0.3, -0.25) is 14.3 Å². The first kappa shape index (κ1) is 16.4. The van der Waals surface area contributed by atoms with E-state index in [1.807, 2.05) is 17.5 Å². The highest BCUT2D eigenvalue weighted by Gasteiger charge is 2.19. The van der Waals surface area contributed by atoms with Gasteiger partial charge in [-0.25, -0.2) is 0 Å². The first-order valence-corrected chi connectivity index (χ1v) is 8.06. The van der Waals surface area contributed by atoms with E-state index in [0.29, 0.717) is 10.7 Å². The molecule has 118 valence electrons. The molecule has 0 spiro atoms. The lowest BCUT2D eigenvalue weighted by atomic mass is 9.92. The summed E-state index contributed by atoms with van der Waals surface area (Å²) in [5.74, 6) is 0.484. The summed E-state index contributed by atoms with van der Waals surface area (Å²) in [5.41, 5.74) is 0.843. The molecule has 2 heterocycles. The number of ketones is 1. The quantitative estimate of drug-likeness (QED) is 0.859. The zero-order chi connectivity index (χ0) is 16.3. The number of rotatable bonds is 5. The van der Waals surface area contributed by atoms with Crippen LogP contribution in [-0.4, -0.2) is 21.5 Å². The topological polar surface area (TPSA) is 64.0 Å². The first-order valence-electron chi connectivity index (χ1n) is 7.18. The molecule has 0 aliphatic carbocycles. The summed E-state index contributed by atoms with van der Waals surface area (Å²) in [6, 6.07) is 5.49. The van der Waals surface area contributed by atoms with Crippen molar-refractivity contribution in [2.24, 2.45) is 7.05 Å². The summed E-state index contributed by atoms with van der Waals surface area (Å²) in [6.07, 6.45) is 0.392. The van der Waals surface area contributed by atoms with Crippen LogP contribution in [0.5, 0.6) is 0 Å². The number of carbonyl (C=O) groups excluding carboxylic acids is 2. The lowest BCUT2D eigenvalue weighted by Gasteiger charge is -2.13. The van der Waals surface area contributed by atoms with Gasteiger partial charge in [0.05, 0.1) is 10.6 Å². The molecule has 0 atom stereocenters. The van der Waals surface area contributed by atoms with Gasteiger partial charge >= 0.3 is 0 Å². The molecule has 6 heteroatoms. The van der Waals surface area contributed by atoms with Gasteiger partial charge in [0, 0.05) is 31.4 Å². The fraction of sp³-hybridized carbons (Fsp3) is 0.438. The summed E-state index contributed by atoms with van der Waals surface area (Å²) < 4.78 is 1.65. The van der Waals surface area contributed by atoms with Crippen LogP contribution in [0.1, 0.15) is 49.0 Å². The smallest absolute Gasteiger partial charge is 0.225 e. The maximum absolute atomic E-state index is 12.0. The molecule has 0 unspecified atom stereocenters. The number of thiophene rings is 1. The molecule has 0 saturated carbocycles. The van der Waals surface area contributed by atoms with E-state index < -0.39 is 0 Å². The van der Waals surface area contributed by atoms with Crippen molar-refractivity contribution >= 4 is 28.8 Å². The highest BCUT2D eigenvalue weighted by molar-refractivity contribution is 7.12. The van der Waals surface area contributed by atoms with Crippen LogP contribution in [0.25, 0.3) is 0 Å². The van der Waals surface area contributed by atoms with E-state index in [1.54, 1.807) is 17.8 Å². The number of aryl methyl sites for hydroxylation is 1. The Morgan fingerprint density at radius 1 is 1.32 bits per heavy atom. The number of hydrogen-bond donors (Lipinski definition) is 1. The molecule has 2 aromatic heterocycles. The minimum absolute atomic E-state index is 0.00513. The van der Waals surface area contributed by atoms with Crippen molar-refractivity contribution in [3.63, 3.8) is 0 Å². The van der Waals surface area contributed by atoms with E-state index in [2.05, 4.69) is 31.2 Å². The van der Waals surface area contributed by atoms with Gasteiger partial charge < -0.3 is 5.32 Å². The third-order valence-corrected chi connectivity index (χ3v) is 4.20. The Balaban J connectivity index is 1.92. The fourth-order valence-corrected chi connectivity index (χ4v) is 2.64.